The molecule has 0 aromatic heterocycles. The fourth-order valence-electron chi connectivity index (χ4n) is 3.19. The summed E-state index contributed by atoms with van der Waals surface area (Å²) in [5.74, 6) is 0.369. The van der Waals surface area contributed by atoms with Gasteiger partial charge in [-0.15, -0.1) is 0 Å². The average Bonchev–Trinajstić information content (AvgIpc) is 2.62. The van der Waals surface area contributed by atoms with Gasteiger partial charge in [0.1, 0.15) is 5.75 Å². The zero-order valence-electron chi connectivity index (χ0n) is 15.3. The van der Waals surface area contributed by atoms with E-state index in [2.05, 4.69) is 9.08 Å². The maximum atomic E-state index is 12.9. The minimum Gasteiger partial charge on any atom is -0.497 e. The molecular formula is C17H23N3O5S2. The summed E-state index contributed by atoms with van der Waals surface area (Å²) in [5, 5.41) is -0.398. The zero-order chi connectivity index (χ0) is 19.8. The van der Waals surface area contributed by atoms with E-state index < -0.39 is 21.8 Å². The van der Waals surface area contributed by atoms with Crippen LogP contribution in [0, 0.1) is 0 Å². The molecule has 1 saturated carbocycles. The Bertz CT molecular complexity index is 787. The van der Waals surface area contributed by atoms with E-state index in [9.17, 15) is 18.0 Å². The summed E-state index contributed by atoms with van der Waals surface area (Å²) >= 11 is 0.837. The van der Waals surface area contributed by atoms with Crippen LogP contribution >= 0.6 is 11.9 Å². The normalized spacial score (nSPS) is 19.2. The van der Waals surface area contributed by atoms with Crippen LogP contribution in [0.4, 0.5) is 4.79 Å². The van der Waals surface area contributed by atoms with Crippen LogP contribution in [0.15, 0.2) is 28.6 Å². The predicted octanol–water partition coefficient (Wildman–Crippen LogP) is 2.43. The average molecular weight is 414 g/mol. The van der Waals surface area contributed by atoms with Gasteiger partial charge in [0.25, 0.3) is 0 Å². The van der Waals surface area contributed by atoms with Crippen LogP contribution in [0.5, 0.6) is 5.75 Å². The van der Waals surface area contributed by atoms with Crippen molar-refractivity contribution in [1.82, 2.24) is 9.62 Å². The van der Waals surface area contributed by atoms with Crippen LogP contribution < -0.4 is 9.46 Å². The topological polar surface area (TPSA) is 105 Å². The largest absolute Gasteiger partial charge is 0.497 e. The van der Waals surface area contributed by atoms with Crippen molar-refractivity contribution >= 4 is 33.6 Å². The van der Waals surface area contributed by atoms with Gasteiger partial charge in [0.15, 0.2) is 0 Å². The van der Waals surface area contributed by atoms with Crippen molar-refractivity contribution in [2.45, 2.75) is 44.2 Å². The van der Waals surface area contributed by atoms with Gasteiger partial charge in [-0.1, -0.05) is 12.1 Å². The number of hydrogen-bond donors (Lipinski definition) is 1. The molecule has 10 heteroatoms. The summed E-state index contributed by atoms with van der Waals surface area (Å²) < 4.78 is 33.2. The Hall–Kier alpha value is -1.91. The van der Waals surface area contributed by atoms with Gasteiger partial charge in [0.2, 0.25) is 5.91 Å². The number of benzene rings is 1. The number of amides is 2. The number of methoxy groups -OCH3 is 1. The van der Waals surface area contributed by atoms with Crippen LogP contribution in [0.2, 0.25) is 0 Å². The summed E-state index contributed by atoms with van der Waals surface area (Å²) in [5.41, 5.74) is 0.769. The van der Waals surface area contributed by atoms with E-state index in [-0.39, 0.29) is 18.4 Å². The second-order valence-corrected chi connectivity index (χ2v) is 7.76. The number of ether oxygens (including phenoxy) is 1. The molecule has 1 aromatic rings. The van der Waals surface area contributed by atoms with Crippen molar-refractivity contribution in [2.75, 3.05) is 14.2 Å². The Kier molecular flexibility index (Phi) is 8.26. The summed E-state index contributed by atoms with van der Waals surface area (Å²) in [6, 6.07) is 6.32. The minimum absolute atomic E-state index is 0.0752. The molecule has 0 aliphatic heterocycles. The highest BCUT2D eigenvalue weighted by Gasteiger charge is 2.34. The first-order chi connectivity index (χ1) is 12.9. The molecule has 1 aliphatic carbocycles. The smallest absolute Gasteiger partial charge is 0.311 e. The minimum atomic E-state index is -2.49. The maximum absolute atomic E-state index is 12.9. The van der Waals surface area contributed by atoms with Crippen molar-refractivity contribution in [3.8, 4) is 5.75 Å². The first-order valence-corrected chi connectivity index (χ1v) is 10.4. The summed E-state index contributed by atoms with van der Waals surface area (Å²) in [4.78, 5) is 26.7. The maximum Gasteiger partial charge on any atom is 0.311 e. The standard InChI is InChI=1S/C17H23N3O5S2/c1-18-26-17(22)20(14-5-3-4-13(11-14)19-27(23)24)16(21)10-12-6-8-15(25-2)9-7-12/h6-9,13-14,18H,3-5,10-11H2,1-2H3. The highest BCUT2D eigenvalue weighted by Crippen LogP contribution is 2.28. The Labute approximate surface area is 164 Å². The SMILES string of the molecule is CNSC(=O)N(C(=O)Cc1ccc(OC)cc1)C1CCCC(N=S(=O)=O)C1. The van der Waals surface area contributed by atoms with Crippen LogP contribution in [0.3, 0.4) is 0 Å². The number of rotatable bonds is 6. The van der Waals surface area contributed by atoms with E-state index in [0.717, 1.165) is 17.5 Å². The van der Waals surface area contributed by atoms with Gasteiger partial charge < -0.3 is 4.74 Å². The molecule has 0 saturated heterocycles. The van der Waals surface area contributed by atoms with E-state index in [1.54, 1.807) is 38.4 Å². The lowest BCUT2D eigenvalue weighted by Crippen LogP contribution is -2.47. The zero-order valence-corrected chi connectivity index (χ0v) is 16.9. The molecule has 1 fully saturated rings. The summed E-state index contributed by atoms with van der Waals surface area (Å²) in [7, 11) is 0.676. The Morgan fingerprint density at radius 1 is 1.30 bits per heavy atom. The van der Waals surface area contributed by atoms with Crippen LogP contribution in [0.1, 0.15) is 31.2 Å². The predicted molar refractivity (Wildman–Crippen MR) is 103 cm³/mol. The number of nitrogens with one attached hydrogen (secondary N) is 1. The monoisotopic (exact) mass is 413 g/mol. The fraction of sp³-hybridized carbons (Fsp3) is 0.529. The van der Waals surface area contributed by atoms with Crippen molar-refractivity contribution in [3.63, 3.8) is 0 Å². The molecule has 2 rings (SSSR count). The Morgan fingerprint density at radius 2 is 2.00 bits per heavy atom. The number of carbonyl (C=O) groups excluding carboxylic acids is 2. The number of imide groups is 1. The first-order valence-electron chi connectivity index (χ1n) is 8.57. The Morgan fingerprint density at radius 3 is 2.59 bits per heavy atom. The number of hydrogen-bond acceptors (Lipinski definition) is 8. The van der Waals surface area contributed by atoms with Crippen LogP contribution in [0.25, 0.3) is 0 Å². The molecule has 0 spiro atoms. The van der Waals surface area contributed by atoms with Gasteiger partial charge in [0, 0.05) is 18.0 Å². The third kappa shape index (κ3) is 6.33. The molecule has 8 nitrogen and oxygen atoms in total. The fourth-order valence-corrected chi connectivity index (χ4v) is 4.14. The number of nitrogens with zero attached hydrogens (tertiary/aromatic N) is 2. The molecule has 1 aliphatic rings. The lowest BCUT2D eigenvalue weighted by molar-refractivity contribution is -0.129. The molecule has 2 amide bonds. The molecule has 0 bridgehead atoms. The van der Waals surface area contributed by atoms with Gasteiger partial charge in [0.05, 0.1) is 19.6 Å². The van der Waals surface area contributed by atoms with Gasteiger partial charge in [-0.2, -0.15) is 12.8 Å². The van der Waals surface area contributed by atoms with E-state index in [0.29, 0.717) is 31.4 Å². The first kappa shape index (κ1) is 21.4. The molecule has 1 N–H and O–H groups in total. The van der Waals surface area contributed by atoms with E-state index >= 15 is 0 Å². The molecule has 2 atom stereocenters. The van der Waals surface area contributed by atoms with Gasteiger partial charge in [-0.05, 0) is 50.4 Å². The van der Waals surface area contributed by atoms with Crippen molar-refractivity contribution in [1.29, 1.82) is 0 Å². The molecule has 148 valence electrons. The summed E-state index contributed by atoms with van der Waals surface area (Å²) in [6.45, 7) is 0. The Balaban J connectivity index is 2.18. The molecule has 0 heterocycles. The van der Waals surface area contributed by atoms with Crippen molar-refractivity contribution in [2.24, 2.45) is 4.36 Å². The van der Waals surface area contributed by atoms with Crippen molar-refractivity contribution in [3.05, 3.63) is 29.8 Å². The lowest BCUT2D eigenvalue weighted by Gasteiger charge is -2.34. The van der Waals surface area contributed by atoms with E-state index in [1.807, 2.05) is 0 Å². The lowest BCUT2D eigenvalue weighted by atomic mass is 9.90. The molecular weight excluding hydrogens is 390 g/mol. The number of carbonyl (C=O) groups is 2. The molecule has 27 heavy (non-hydrogen) atoms. The highest BCUT2D eigenvalue weighted by molar-refractivity contribution is 8.11. The third-order valence-corrected chi connectivity index (χ3v) is 5.43. The second-order valence-electron chi connectivity index (χ2n) is 6.16. The molecule has 2 unspecified atom stereocenters. The highest BCUT2D eigenvalue weighted by atomic mass is 32.2. The molecule has 1 aromatic carbocycles. The molecule has 0 radical (unpaired) electrons. The van der Waals surface area contributed by atoms with Gasteiger partial charge in [-0.25, -0.2) is 0 Å². The third-order valence-electron chi connectivity index (χ3n) is 4.39. The van der Waals surface area contributed by atoms with Gasteiger partial charge >= 0.3 is 15.7 Å². The second kappa shape index (κ2) is 10.4. The van der Waals surface area contributed by atoms with Crippen LogP contribution in [-0.2, 0) is 21.7 Å². The van der Waals surface area contributed by atoms with Gasteiger partial charge in [-0.3, -0.25) is 19.2 Å². The van der Waals surface area contributed by atoms with Crippen LogP contribution in [-0.4, -0.2) is 50.7 Å². The van der Waals surface area contributed by atoms with E-state index in [4.69, 9.17) is 4.74 Å². The van der Waals surface area contributed by atoms with E-state index in [1.165, 1.54) is 4.90 Å². The van der Waals surface area contributed by atoms with Crippen molar-refractivity contribution < 1.29 is 22.7 Å². The quantitative estimate of drug-likeness (QED) is 0.714. The summed E-state index contributed by atoms with van der Waals surface area (Å²) in [6.07, 6.45) is 2.42.